The number of carbonyl (C=O) groups is 2. The molecule has 2 aromatic carbocycles. The maximum Gasteiger partial charge on any atom is 0.270 e. The summed E-state index contributed by atoms with van der Waals surface area (Å²) in [7, 11) is 0. The summed E-state index contributed by atoms with van der Waals surface area (Å²) in [5, 5.41) is 2.70. The van der Waals surface area contributed by atoms with E-state index in [1.165, 1.54) is 18.2 Å². The summed E-state index contributed by atoms with van der Waals surface area (Å²) in [6, 6.07) is 12.5. The van der Waals surface area contributed by atoms with Gasteiger partial charge in [-0.1, -0.05) is 29.3 Å². The smallest absolute Gasteiger partial charge is 0.270 e. The van der Waals surface area contributed by atoms with E-state index in [1.807, 2.05) is 13.0 Å². The van der Waals surface area contributed by atoms with E-state index in [1.54, 1.807) is 24.3 Å². The third-order valence-corrected chi connectivity index (χ3v) is 5.45. The van der Waals surface area contributed by atoms with Gasteiger partial charge < -0.3 is 4.42 Å². The summed E-state index contributed by atoms with van der Waals surface area (Å²) >= 11 is 17.0. The minimum absolute atomic E-state index is 0.135. The van der Waals surface area contributed by atoms with Crippen LogP contribution >= 0.6 is 35.4 Å². The third kappa shape index (κ3) is 4.12. The van der Waals surface area contributed by atoms with E-state index < -0.39 is 17.6 Å². The highest BCUT2D eigenvalue weighted by atomic mass is 35.5. The second kappa shape index (κ2) is 8.26. The molecule has 0 bridgehead atoms. The van der Waals surface area contributed by atoms with Crippen molar-refractivity contribution < 1.29 is 18.4 Å². The van der Waals surface area contributed by atoms with Crippen molar-refractivity contribution in [2.24, 2.45) is 0 Å². The first-order valence-electron chi connectivity index (χ1n) is 8.97. The van der Waals surface area contributed by atoms with E-state index in [9.17, 15) is 14.0 Å². The molecule has 5 nitrogen and oxygen atoms in total. The molecule has 1 fully saturated rings. The number of benzene rings is 2. The summed E-state index contributed by atoms with van der Waals surface area (Å²) in [5.41, 5.74) is 1.77. The number of carbonyl (C=O) groups excluding carboxylic acids is 2. The summed E-state index contributed by atoms with van der Waals surface area (Å²) < 4.78 is 19.3. The zero-order valence-electron chi connectivity index (χ0n) is 15.9. The first-order chi connectivity index (χ1) is 14.7. The van der Waals surface area contributed by atoms with Crippen LogP contribution < -0.4 is 10.2 Å². The number of amides is 2. The predicted octanol–water partition coefficient (Wildman–Crippen LogP) is 5.53. The van der Waals surface area contributed by atoms with Crippen LogP contribution in [0.15, 0.2) is 58.5 Å². The molecule has 1 aliphatic rings. The molecule has 3 aromatic rings. The highest BCUT2D eigenvalue weighted by molar-refractivity contribution is 7.80. The zero-order valence-corrected chi connectivity index (χ0v) is 18.2. The molecule has 1 aliphatic heterocycles. The average Bonchev–Trinajstić information content (AvgIpc) is 3.18. The van der Waals surface area contributed by atoms with Crippen molar-refractivity contribution in [1.29, 1.82) is 0 Å². The molecule has 31 heavy (non-hydrogen) atoms. The molecular weight excluding hydrogens is 462 g/mol. The first kappa shape index (κ1) is 21.2. The Morgan fingerprint density at radius 3 is 2.61 bits per heavy atom. The lowest BCUT2D eigenvalue weighted by atomic mass is 10.1. The van der Waals surface area contributed by atoms with E-state index in [0.29, 0.717) is 10.8 Å². The summed E-state index contributed by atoms with van der Waals surface area (Å²) in [4.78, 5) is 26.5. The number of anilines is 1. The van der Waals surface area contributed by atoms with Gasteiger partial charge in [-0.15, -0.1) is 0 Å². The number of hydrogen-bond donors (Lipinski definition) is 1. The Hall–Kier alpha value is -3.00. The summed E-state index contributed by atoms with van der Waals surface area (Å²) in [5.74, 6) is -1.17. The topological polar surface area (TPSA) is 62.6 Å². The standard InChI is InChI=1S/C22H13Cl2FN2O3S/c1-11-2-3-12(23)8-15(11)19-7-5-14(30-19)10-16-20(28)26-22(31)27(21(16)29)13-4-6-18(25)17(24)9-13/h2-10H,1H3,(H,26,28,31)/b16-10+. The number of furan rings is 1. The van der Waals surface area contributed by atoms with Crippen molar-refractivity contribution in [3.8, 4) is 11.3 Å². The minimum Gasteiger partial charge on any atom is -0.457 e. The number of halogens is 3. The van der Waals surface area contributed by atoms with Crippen LogP contribution in [-0.4, -0.2) is 16.9 Å². The Morgan fingerprint density at radius 2 is 1.87 bits per heavy atom. The quantitative estimate of drug-likeness (QED) is 0.307. The SMILES string of the molecule is Cc1ccc(Cl)cc1-c1ccc(/C=C2\C(=O)NC(=S)N(c3ccc(F)c(Cl)c3)C2=O)o1. The van der Waals surface area contributed by atoms with Crippen molar-refractivity contribution >= 4 is 64.1 Å². The van der Waals surface area contributed by atoms with Gasteiger partial charge in [0.05, 0.1) is 10.7 Å². The van der Waals surface area contributed by atoms with Crippen molar-refractivity contribution in [2.75, 3.05) is 4.90 Å². The van der Waals surface area contributed by atoms with Crippen LogP contribution in [0.3, 0.4) is 0 Å². The predicted molar refractivity (Wildman–Crippen MR) is 122 cm³/mol. The van der Waals surface area contributed by atoms with Gasteiger partial charge in [-0.3, -0.25) is 19.8 Å². The van der Waals surface area contributed by atoms with E-state index in [2.05, 4.69) is 5.32 Å². The van der Waals surface area contributed by atoms with Gasteiger partial charge in [-0.05, 0) is 73.2 Å². The molecule has 4 rings (SSSR count). The van der Waals surface area contributed by atoms with Gasteiger partial charge in [0.15, 0.2) is 5.11 Å². The van der Waals surface area contributed by atoms with Gasteiger partial charge in [0.25, 0.3) is 11.8 Å². The van der Waals surface area contributed by atoms with E-state index in [-0.39, 0.29) is 27.2 Å². The molecular formula is C22H13Cl2FN2O3S. The number of nitrogens with one attached hydrogen (secondary N) is 1. The molecule has 9 heteroatoms. The molecule has 0 atom stereocenters. The van der Waals surface area contributed by atoms with E-state index in [0.717, 1.165) is 22.1 Å². The third-order valence-electron chi connectivity index (χ3n) is 4.64. The fourth-order valence-corrected chi connectivity index (χ4v) is 3.72. The summed E-state index contributed by atoms with van der Waals surface area (Å²) in [6.07, 6.45) is 1.32. The zero-order chi connectivity index (χ0) is 22.3. The second-order valence-electron chi connectivity index (χ2n) is 6.72. The lowest BCUT2D eigenvalue weighted by molar-refractivity contribution is -0.122. The Balaban J connectivity index is 1.70. The summed E-state index contributed by atoms with van der Waals surface area (Å²) in [6.45, 7) is 1.91. The van der Waals surface area contributed by atoms with Crippen LogP contribution in [0, 0.1) is 12.7 Å². The molecule has 0 aliphatic carbocycles. The van der Waals surface area contributed by atoms with Crippen molar-refractivity contribution in [3.05, 3.63) is 81.3 Å². The molecule has 2 amide bonds. The number of thiocarbonyl (C=S) groups is 1. The van der Waals surface area contributed by atoms with Gasteiger partial charge in [-0.2, -0.15) is 0 Å². The largest absolute Gasteiger partial charge is 0.457 e. The lowest BCUT2D eigenvalue weighted by Crippen LogP contribution is -2.54. The van der Waals surface area contributed by atoms with Gasteiger partial charge in [0.1, 0.15) is 22.9 Å². The second-order valence-corrected chi connectivity index (χ2v) is 7.95. The normalized spacial score (nSPS) is 15.5. The highest BCUT2D eigenvalue weighted by Crippen LogP contribution is 2.30. The monoisotopic (exact) mass is 474 g/mol. The fourth-order valence-electron chi connectivity index (χ4n) is 3.09. The molecule has 0 unspecified atom stereocenters. The first-order valence-corrected chi connectivity index (χ1v) is 10.1. The number of hydrogen-bond acceptors (Lipinski definition) is 4. The van der Waals surface area contributed by atoms with Crippen LogP contribution in [0.4, 0.5) is 10.1 Å². The molecule has 1 N–H and O–H groups in total. The molecule has 1 saturated heterocycles. The Bertz CT molecular complexity index is 1290. The van der Waals surface area contributed by atoms with Gasteiger partial charge in [0.2, 0.25) is 0 Å². The van der Waals surface area contributed by atoms with E-state index in [4.69, 9.17) is 39.8 Å². The number of rotatable bonds is 3. The van der Waals surface area contributed by atoms with Crippen molar-refractivity contribution in [1.82, 2.24) is 5.32 Å². The minimum atomic E-state index is -0.687. The Labute approximate surface area is 192 Å². The van der Waals surface area contributed by atoms with Crippen LogP contribution in [0.25, 0.3) is 17.4 Å². The molecule has 0 spiro atoms. The maximum atomic E-state index is 13.5. The van der Waals surface area contributed by atoms with E-state index >= 15 is 0 Å². The van der Waals surface area contributed by atoms with Crippen LogP contribution in [0.5, 0.6) is 0 Å². The van der Waals surface area contributed by atoms with Crippen LogP contribution in [-0.2, 0) is 9.59 Å². The number of nitrogens with zero attached hydrogens (tertiary/aromatic N) is 1. The Morgan fingerprint density at radius 1 is 1.10 bits per heavy atom. The highest BCUT2D eigenvalue weighted by Gasteiger charge is 2.35. The Kier molecular flexibility index (Phi) is 5.66. The van der Waals surface area contributed by atoms with Crippen LogP contribution in [0.2, 0.25) is 10.0 Å². The molecule has 2 heterocycles. The molecule has 1 aromatic heterocycles. The number of aryl methyl sites for hydroxylation is 1. The van der Waals surface area contributed by atoms with Crippen molar-refractivity contribution in [2.45, 2.75) is 6.92 Å². The average molecular weight is 475 g/mol. The van der Waals surface area contributed by atoms with Crippen LogP contribution in [0.1, 0.15) is 11.3 Å². The molecule has 0 saturated carbocycles. The maximum absolute atomic E-state index is 13.5. The van der Waals surface area contributed by atoms with Gasteiger partial charge in [0, 0.05) is 10.6 Å². The van der Waals surface area contributed by atoms with Gasteiger partial charge >= 0.3 is 0 Å². The van der Waals surface area contributed by atoms with Crippen molar-refractivity contribution in [3.63, 3.8) is 0 Å². The molecule has 0 radical (unpaired) electrons. The van der Waals surface area contributed by atoms with Gasteiger partial charge in [-0.25, -0.2) is 4.39 Å². The molecule has 156 valence electrons. The fraction of sp³-hybridized carbons (Fsp3) is 0.0455. The lowest BCUT2D eigenvalue weighted by Gasteiger charge is -2.28.